The zero-order chi connectivity index (χ0) is 28.8. The molecule has 0 radical (unpaired) electrons. The Balaban J connectivity index is 1.30. The van der Waals surface area contributed by atoms with Crippen LogP contribution in [-0.2, 0) is 16.1 Å². The summed E-state index contributed by atoms with van der Waals surface area (Å²) in [4.78, 5) is 28.7. The molecule has 0 saturated carbocycles. The smallest absolute Gasteiger partial charge is 0.246 e. The average molecular weight is 562 g/mol. The fourth-order valence-corrected chi connectivity index (χ4v) is 5.29. The van der Waals surface area contributed by atoms with Gasteiger partial charge in [-0.25, -0.2) is 0 Å². The van der Waals surface area contributed by atoms with Crippen molar-refractivity contribution >= 4 is 29.1 Å². The van der Waals surface area contributed by atoms with Gasteiger partial charge in [-0.1, -0.05) is 38.1 Å². The minimum absolute atomic E-state index is 0.0828. The van der Waals surface area contributed by atoms with E-state index < -0.39 is 0 Å². The lowest BCUT2D eigenvalue weighted by molar-refractivity contribution is -0.126. The second-order valence-electron chi connectivity index (χ2n) is 11.4. The van der Waals surface area contributed by atoms with Gasteiger partial charge in [-0.2, -0.15) is 19.6 Å². The molecule has 0 aliphatic carbocycles. The number of nitrogens with zero attached hydrogens (tertiary/aromatic N) is 7. The Kier molecular flexibility index (Phi) is 9.35. The first-order valence-electron chi connectivity index (χ1n) is 14.7. The van der Waals surface area contributed by atoms with E-state index in [4.69, 9.17) is 14.7 Å². The number of piperazine rings is 1. The molecule has 4 heterocycles. The van der Waals surface area contributed by atoms with Crippen LogP contribution in [0.2, 0.25) is 0 Å². The average Bonchev–Trinajstić information content (AvgIpc) is 3.41. The number of anilines is 3. The zero-order valence-electron chi connectivity index (χ0n) is 24.7. The van der Waals surface area contributed by atoms with Crippen LogP contribution in [0.3, 0.4) is 0 Å². The summed E-state index contributed by atoms with van der Waals surface area (Å²) in [5, 5.41) is 11.7. The maximum atomic E-state index is 12.6. The Bertz CT molecular complexity index is 1340. The summed E-state index contributed by atoms with van der Waals surface area (Å²) >= 11 is 0. The number of hydrogen-bond acceptors (Lipinski definition) is 9. The molecule has 2 aromatic heterocycles. The van der Waals surface area contributed by atoms with Gasteiger partial charge in [-0.15, -0.1) is 0 Å². The van der Waals surface area contributed by atoms with Crippen LogP contribution in [0.5, 0.6) is 0 Å². The van der Waals surface area contributed by atoms with E-state index in [2.05, 4.69) is 58.7 Å². The first-order chi connectivity index (χ1) is 19.9. The quantitative estimate of drug-likeness (QED) is 0.361. The number of ether oxygens (including phenoxy) is 1. The molecule has 11 heteroatoms. The standard InChI is InChI=1S/C30H43N9O2/c1-22(2)25-21-32-39-28(25)34-29(33-24-11-18-41-19-12-24)35-30(39)31-20-23-8-5-6-9-26(23)37-14-16-38(17-15-37)27(40)10-7-13-36(3)4/h5-10,21-22,24H,11-20H2,1-4H3,(H2,31,33,34,35)/b10-7+. The van der Waals surface area contributed by atoms with Gasteiger partial charge in [0.05, 0.1) is 6.20 Å². The largest absolute Gasteiger partial charge is 0.381 e. The molecule has 3 aromatic rings. The third kappa shape index (κ3) is 7.15. The Morgan fingerprint density at radius 1 is 1.12 bits per heavy atom. The van der Waals surface area contributed by atoms with Crippen molar-refractivity contribution in [1.82, 2.24) is 29.4 Å². The van der Waals surface area contributed by atoms with Gasteiger partial charge in [-0.05, 0) is 44.5 Å². The van der Waals surface area contributed by atoms with Crippen molar-refractivity contribution in [2.24, 2.45) is 0 Å². The number of benzene rings is 1. The number of carbonyl (C=O) groups excluding carboxylic acids is 1. The Hall–Kier alpha value is -3.70. The van der Waals surface area contributed by atoms with Crippen LogP contribution >= 0.6 is 0 Å². The van der Waals surface area contributed by atoms with Crippen LogP contribution in [-0.4, -0.2) is 101 Å². The highest BCUT2D eigenvalue weighted by Gasteiger charge is 2.22. The van der Waals surface area contributed by atoms with E-state index in [1.54, 1.807) is 10.6 Å². The van der Waals surface area contributed by atoms with Crippen LogP contribution < -0.4 is 15.5 Å². The molecule has 1 aromatic carbocycles. The predicted octanol–water partition coefficient (Wildman–Crippen LogP) is 3.22. The molecule has 2 aliphatic heterocycles. The Morgan fingerprint density at radius 2 is 1.88 bits per heavy atom. The van der Waals surface area contributed by atoms with E-state index >= 15 is 0 Å². The highest BCUT2D eigenvalue weighted by atomic mass is 16.5. The molecule has 11 nitrogen and oxygen atoms in total. The predicted molar refractivity (Wildman–Crippen MR) is 163 cm³/mol. The number of fused-ring (bicyclic) bond motifs is 1. The van der Waals surface area contributed by atoms with E-state index in [0.717, 1.165) is 56.9 Å². The second-order valence-corrected chi connectivity index (χ2v) is 11.4. The number of para-hydroxylation sites is 1. The van der Waals surface area contributed by atoms with E-state index in [9.17, 15) is 4.79 Å². The topological polar surface area (TPSA) is 103 Å². The minimum Gasteiger partial charge on any atom is -0.381 e. The number of carbonyl (C=O) groups is 1. The number of aromatic nitrogens is 4. The van der Waals surface area contributed by atoms with Crippen molar-refractivity contribution in [3.8, 4) is 0 Å². The van der Waals surface area contributed by atoms with Crippen molar-refractivity contribution in [3.63, 3.8) is 0 Å². The maximum absolute atomic E-state index is 12.6. The fraction of sp³-hybridized carbons (Fsp3) is 0.533. The summed E-state index contributed by atoms with van der Waals surface area (Å²) in [5.41, 5.74) is 4.25. The van der Waals surface area contributed by atoms with Crippen molar-refractivity contribution in [1.29, 1.82) is 0 Å². The third-order valence-corrected chi connectivity index (χ3v) is 7.66. The summed E-state index contributed by atoms with van der Waals surface area (Å²) in [7, 11) is 3.99. The van der Waals surface area contributed by atoms with Crippen LogP contribution in [0.15, 0.2) is 42.6 Å². The van der Waals surface area contributed by atoms with Gasteiger partial charge in [0.1, 0.15) is 0 Å². The molecule has 5 rings (SSSR count). The molecule has 1 amide bonds. The highest BCUT2D eigenvalue weighted by molar-refractivity contribution is 5.87. The lowest BCUT2D eigenvalue weighted by atomic mass is 10.1. The van der Waals surface area contributed by atoms with E-state index in [1.165, 1.54) is 11.3 Å². The zero-order valence-corrected chi connectivity index (χ0v) is 24.7. The van der Waals surface area contributed by atoms with Crippen molar-refractivity contribution in [2.75, 3.05) is 75.6 Å². The van der Waals surface area contributed by atoms with Gasteiger partial charge in [0.25, 0.3) is 0 Å². The number of amides is 1. The SMILES string of the molecule is CC(C)c1cnn2c(NCc3ccccc3N3CCN(C(=O)/C=C/CN(C)C)CC3)nc(NC3CCOCC3)nc12. The molecule has 2 saturated heterocycles. The third-order valence-electron chi connectivity index (χ3n) is 7.66. The van der Waals surface area contributed by atoms with Crippen molar-refractivity contribution in [3.05, 3.63) is 53.7 Å². The van der Waals surface area contributed by atoms with Crippen LogP contribution in [0.4, 0.5) is 17.6 Å². The summed E-state index contributed by atoms with van der Waals surface area (Å²) in [6.07, 6.45) is 7.38. The van der Waals surface area contributed by atoms with Gasteiger partial charge in [0.2, 0.25) is 17.8 Å². The van der Waals surface area contributed by atoms with Gasteiger partial charge in [0.15, 0.2) is 5.65 Å². The van der Waals surface area contributed by atoms with E-state index in [0.29, 0.717) is 43.5 Å². The summed E-state index contributed by atoms with van der Waals surface area (Å²) in [5.74, 6) is 1.65. The molecular weight excluding hydrogens is 518 g/mol. The summed E-state index contributed by atoms with van der Waals surface area (Å²) in [6.45, 7) is 10.1. The monoisotopic (exact) mass is 561 g/mol. The molecule has 0 bridgehead atoms. The molecule has 2 aliphatic rings. The van der Waals surface area contributed by atoms with Gasteiger partial charge in [0, 0.05) is 75.9 Å². The fourth-order valence-electron chi connectivity index (χ4n) is 5.29. The van der Waals surface area contributed by atoms with Crippen molar-refractivity contribution in [2.45, 2.75) is 45.2 Å². The molecule has 0 unspecified atom stereocenters. The van der Waals surface area contributed by atoms with Crippen molar-refractivity contribution < 1.29 is 9.53 Å². The lowest BCUT2D eigenvalue weighted by Gasteiger charge is -2.36. The minimum atomic E-state index is 0.0828. The maximum Gasteiger partial charge on any atom is 0.246 e. The number of likely N-dealkylation sites (N-methyl/N-ethyl adjacent to an activating group) is 1. The summed E-state index contributed by atoms with van der Waals surface area (Å²) < 4.78 is 7.33. The summed E-state index contributed by atoms with van der Waals surface area (Å²) in [6, 6.07) is 8.73. The number of hydrogen-bond donors (Lipinski definition) is 2. The van der Waals surface area contributed by atoms with E-state index in [1.807, 2.05) is 36.2 Å². The van der Waals surface area contributed by atoms with Crippen LogP contribution in [0.25, 0.3) is 5.65 Å². The Morgan fingerprint density at radius 3 is 2.61 bits per heavy atom. The molecule has 0 atom stereocenters. The lowest BCUT2D eigenvalue weighted by Crippen LogP contribution is -2.48. The second kappa shape index (κ2) is 13.3. The normalized spacial score (nSPS) is 16.8. The van der Waals surface area contributed by atoms with Gasteiger partial charge < -0.3 is 30.1 Å². The van der Waals surface area contributed by atoms with Gasteiger partial charge >= 0.3 is 0 Å². The van der Waals surface area contributed by atoms with Gasteiger partial charge in [-0.3, -0.25) is 4.79 Å². The van der Waals surface area contributed by atoms with Crippen LogP contribution in [0.1, 0.15) is 43.7 Å². The first kappa shape index (κ1) is 28.8. The Labute approximate surface area is 242 Å². The van der Waals surface area contributed by atoms with E-state index in [-0.39, 0.29) is 5.91 Å². The molecule has 2 N–H and O–H groups in total. The number of rotatable bonds is 10. The highest BCUT2D eigenvalue weighted by Crippen LogP contribution is 2.26. The van der Waals surface area contributed by atoms with Crippen LogP contribution in [0, 0.1) is 0 Å². The molecule has 0 spiro atoms. The molecule has 2 fully saturated rings. The molecular formula is C30H43N9O2. The first-order valence-corrected chi connectivity index (χ1v) is 14.7. The molecule has 220 valence electrons. The number of nitrogens with one attached hydrogen (secondary N) is 2. The molecule has 41 heavy (non-hydrogen) atoms.